The van der Waals surface area contributed by atoms with Gasteiger partial charge in [0.05, 0.1) is 12.2 Å². The van der Waals surface area contributed by atoms with E-state index >= 15 is 0 Å². The first-order chi connectivity index (χ1) is 12.5. The molecule has 7 nitrogen and oxygen atoms in total. The van der Waals surface area contributed by atoms with E-state index in [1.165, 1.54) is 12.8 Å². The lowest BCUT2D eigenvalue weighted by Gasteiger charge is -2.38. The number of nitrogens with one attached hydrogen (secondary N) is 2. The molecule has 2 fully saturated rings. The van der Waals surface area contributed by atoms with Crippen LogP contribution in [-0.2, 0) is 0 Å². The molecule has 1 unspecified atom stereocenters. The number of piperidine rings is 2. The third-order valence-corrected chi connectivity index (χ3v) is 5.95. The molecule has 0 radical (unpaired) electrons. The quantitative estimate of drug-likeness (QED) is 0.805. The van der Waals surface area contributed by atoms with Crippen LogP contribution < -0.4 is 10.6 Å². The van der Waals surface area contributed by atoms with Crippen molar-refractivity contribution in [2.75, 3.05) is 32.7 Å². The van der Waals surface area contributed by atoms with Gasteiger partial charge in [-0.2, -0.15) is 0 Å². The lowest BCUT2D eigenvalue weighted by atomic mass is 9.94. The molecule has 0 bridgehead atoms. The third-order valence-electron chi connectivity index (χ3n) is 5.95. The second kappa shape index (κ2) is 8.95. The van der Waals surface area contributed by atoms with Crippen molar-refractivity contribution in [3.63, 3.8) is 0 Å². The number of hydrogen-bond acceptors (Lipinski definition) is 5. The molecule has 0 aromatic carbocycles. The maximum Gasteiger partial charge on any atom is 0.273 e. The summed E-state index contributed by atoms with van der Waals surface area (Å²) in [4.78, 5) is 15.1. The molecule has 2 aliphatic rings. The molecule has 1 aromatic heterocycles. The minimum Gasteiger partial charge on any atom is -0.349 e. The van der Waals surface area contributed by atoms with E-state index in [-0.39, 0.29) is 5.91 Å². The van der Waals surface area contributed by atoms with Crippen molar-refractivity contribution < 1.29 is 4.79 Å². The Hall–Kier alpha value is -1.47. The minimum absolute atomic E-state index is 0.110. The van der Waals surface area contributed by atoms with Crippen molar-refractivity contribution in [2.24, 2.45) is 11.8 Å². The van der Waals surface area contributed by atoms with Crippen molar-refractivity contribution in [1.29, 1.82) is 0 Å². The van der Waals surface area contributed by atoms with Crippen LogP contribution in [0.4, 0.5) is 0 Å². The smallest absolute Gasteiger partial charge is 0.273 e. The van der Waals surface area contributed by atoms with Gasteiger partial charge in [-0.25, -0.2) is 4.68 Å². The molecule has 1 amide bonds. The van der Waals surface area contributed by atoms with Gasteiger partial charge in [0.25, 0.3) is 5.91 Å². The molecular weight excluding hydrogens is 328 g/mol. The number of carbonyl (C=O) groups excluding carboxylic acids is 1. The standard InChI is InChI=1S/C19H34N6O/c1-14(2)18(24-10-6-15(3)7-11-24)12-21-19(26)17-13-25(23-22-17)16-4-8-20-9-5-16/h13-16,18,20H,4-12H2,1-3H3,(H,21,26). The fraction of sp³-hybridized carbons (Fsp3) is 0.842. The van der Waals surface area contributed by atoms with Crippen molar-refractivity contribution in [3.05, 3.63) is 11.9 Å². The van der Waals surface area contributed by atoms with Crippen LogP contribution in [0.15, 0.2) is 6.20 Å². The SMILES string of the molecule is CC1CCN(C(CNC(=O)c2cn(C3CCNCC3)nn2)C(C)C)CC1. The summed E-state index contributed by atoms with van der Waals surface area (Å²) in [6, 6.07) is 0.731. The number of amides is 1. The molecular formula is C19H34N6O. The number of carbonyl (C=O) groups is 1. The predicted molar refractivity (Wildman–Crippen MR) is 102 cm³/mol. The Balaban J connectivity index is 1.54. The first kappa shape index (κ1) is 19.3. The Labute approximate surface area is 156 Å². The summed E-state index contributed by atoms with van der Waals surface area (Å²) in [6.45, 7) is 11.7. The van der Waals surface area contributed by atoms with Gasteiger partial charge < -0.3 is 10.6 Å². The van der Waals surface area contributed by atoms with Gasteiger partial charge in [0.1, 0.15) is 0 Å². The lowest BCUT2D eigenvalue weighted by molar-refractivity contribution is 0.0859. The molecule has 1 atom stereocenters. The summed E-state index contributed by atoms with van der Waals surface area (Å²) in [6.07, 6.45) is 6.38. The second-order valence-electron chi connectivity index (χ2n) is 8.30. The minimum atomic E-state index is -0.110. The monoisotopic (exact) mass is 362 g/mol. The number of rotatable bonds is 6. The van der Waals surface area contributed by atoms with E-state index in [0.29, 0.717) is 30.2 Å². The average molecular weight is 363 g/mol. The first-order valence-corrected chi connectivity index (χ1v) is 10.2. The van der Waals surface area contributed by atoms with Gasteiger partial charge in [0, 0.05) is 12.6 Å². The Kier molecular flexibility index (Phi) is 6.64. The topological polar surface area (TPSA) is 75.1 Å². The average Bonchev–Trinajstić information content (AvgIpc) is 3.14. The summed E-state index contributed by atoms with van der Waals surface area (Å²) >= 11 is 0. The van der Waals surface area contributed by atoms with E-state index < -0.39 is 0 Å². The second-order valence-corrected chi connectivity index (χ2v) is 8.30. The molecule has 3 rings (SSSR count). The van der Waals surface area contributed by atoms with Crippen LogP contribution in [0.5, 0.6) is 0 Å². The molecule has 0 aliphatic carbocycles. The molecule has 2 N–H and O–H groups in total. The fourth-order valence-corrected chi connectivity index (χ4v) is 4.06. The van der Waals surface area contributed by atoms with Crippen molar-refractivity contribution in [3.8, 4) is 0 Å². The third kappa shape index (κ3) is 4.82. The van der Waals surface area contributed by atoms with Gasteiger partial charge in [-0.1, -0.05) is 26.0 Å². The zero-order valence-corrected chi connectivity index (χ0v) is 16.4. The van der Waals surface area contributed by atoms with E-state index in [2.05, 4.69) is 46.6 Å². The molecule has 1 aromatic rings. The van der Waals surface area contributed by atoms with E-state index in [0.717, 1.165) is 44.9 Å². The summed E-state index contributed by atoms with van der Waals surface area (Å²) in [7, 11) is 0. The van der Waals surface area contributed by atoms with Gasteiger partial charge >= 0.3 is 0 Å². The Morgan fingerprint density at radius 3 is 2.62 bits per heavy atom. The van der Waals surface area contributed by atoms with Crippen LogP contribution in [0.3, 0.4) is 0 Å². The molecule has 7 heteroatoms. The summed E-state index contributed by atoms with van der Waals surface area (Å²) < 4.78 is 1.86. The number of aromatic nitrogens is 3. The van der Waals surface area contributed by atoms with E-state index in [1.54, 1.807) is 6.20 Å². The van der Waals surface area contributed by atoms with Gasteiger partial charge in [0.15, 0.2) is 5.69 Å². The molecule has 0 saturated carbocycles. The van der Waals surface area contributed by atoms with Gasteiger partial charge in [-0.05, 0) is 63.7 Å². The predicted octanol–water partition coefficient (Wildman–Crippen LogP) is 1.69. The first-order valence-electron chi connectivity index (χ1n) is 10.2. The zero-order valence-electron chi connectivity index (χ0n) is 16.4. The Bertz CT molecular complexity index is 572. The van der Waals surface area contributed by atoms with E-state index in [9.17, 15) is 4.79 Å². The Morgan fingerprint density at radius 1 is 1.27 bits per heavy atom. The maximum absolute atomic E-state index is 12.5. The number of likely N-dealkylation sites (tertiary alicyclic amines) is 1. The molecule has 2 saturated heterocycles. The van der Waals surface area contributed by atoms with Crippen molar-refractivity contribution in [2.45, 2.75) is 58.5 Å². The molecule has 146 valence electrons. The highest BCUT2D eigenvalue weighted by molar-refractivity contribution is 5.91. The number of nitrogens with zero attached hydrogens (tertiary/aromatic N) is 4. The van der Waals surface area contributed by atoms with Crippen LogP contribution >= 0.6 is 0 Å². The van der Waals surface area contributed by atoms with Crippen molar-refractivity contribution in [1.82, 2.24) is 30.5 Å². The maximum atomic E-state index is 12.5. The largest absolute Gasteiger partial charge is 0.349 e. The highest BCUT2D eigenvalue weighted by Crippen LogP contribution is 2.21. The van der Waals surface area contributed by atoms with Crippen LogP contribution in [0, 0.1) is 11.8 Å². The molecule has 3 heterocycles. The van der Waals surface area contributed by atoms with Crippen LogP contribution in [-0.4, -0.2) is 64.6 Å². The van der Waals surface area contributed by atoms with Crippen LogP contribution in [0.25, 0.3) is 0 Å². The highest BCUT2D eigenvalue weighted by Gasteiger charge is 2.26. The van der Waals surface area contributed by atoms with Crippen LogP contribution in [0.2, 0.25) is 0 Å². The zero-order chi connectivity index (χ0) is 18.5. The highest BCUT2D eigenvalue weighted by atomic mass is 16.2. The summed E-state index contributed by atoms with van der Waals surface area (Å²) in [5.74, 6) is 1.22. The molecule has 2 aliphatic heterocycles. The van der Waals surface area contributed by atoms with Crippen molar-refractivity contribution >= 4 is 5.91 Å². The fourth-order valence-electron chi connectivity index (χ4n) is 4.06. The van der Waals surface area contributed by atoms with Gasteiger partial charge in [-0.3, -0.25) is 9.69 Å². The summed E-state index contributed by atoms with van der Waals surface area (Å²) in [5.41, 5.74) is 0.429. The van der Waals surface area contributed by atoms with E-state index in [1.807, 2.05) is 4.68 Å². The molecule has 0 spiro atoms. The normalized spacial score (nSPS) is 21.8. The van der Waals surface area contributed by atoms with Gasteiger partial charge in [-0.15, -0.1) is 5.10 Å². The lowest BCUT2D eigenvalue weighted by Crippen LogP contribution is -2.49. The summed E-state index contributed by atoms with van der Waals surface area (Å²) in [5, 5.41) is 14.7. The van der Waals surface area contributed by atoms with E-state index in [4.69, 9.17) is 0 Å². The Morgan fingerprint density at radius 2 is 1.96 bits per heavy atom. The van der Waals surface area contributed by atoms with Gasteiger partial charge in [0.2, 0.25) is 0 Å². The molecule has 26 heavy (non-hydrogen) atoms. The number of hydrogen-bond donors (Lipinski definition) is 2. The van der Waals surface area contributed by atoms with Crippen LogP contribution in [0.1, 0.15) is 63.0 Å².